The normalized spacial score (nSPS) is 10.6. The summed E-state index contributed by atoms with van der Waals surface area (Å²) in [6.07, 6.45) is 1.74. The molecule has 2 heterocycles. The van der Waals surface area contributed by atoms with Gasteiger partial charge in [-0.25, -0.2) is 4.79 Å². The van der Waals surface area contributed by atoms with E-state index in [2.05, 4.69) is 15.6 Å². The van der Waals surface area contributed by atoms with E-state index in [0.29, 0.717) is 39.6 Å². The molecule has 0 aliphatic rings. The number of amides is 3. The van der Waals surface area contributed by atoms with E-state index >= 15 is 0 Å². The van der Waals surface area contributed by atoms with Crippen LogP contribution in [-0.4, -0.2) is 31.1 Å². The average Bonchev–Trinajstić information content (AvgIpc) is 3.32. The first kappa shape index (κ1) is 23.3. The highest BCUT2D eigenvalue weighted by molar-refractivity contribution is 7.08. The number of imide groups is 1. The first-order valence-electron chi connectivity index (χ1n) is 10.1. The molecule has 0 aliphatic heterocycles. The number of carbonyl (C=O) groups excluding carboxylic acids is 2. The Labute approximate surface area is 204 Å². The Morgan fingerprint density at radius 2 is 1.79 bits per heavy atom. The van der Waals surface area contributed by atoms with Crippen LogP contribution in [0.5, 0.6) is 23.0 Å². The van der Waals surface area contributed by atoms with Crippen molar-refractivity contribution >= 4 is 51.5 Å². The summed E-state index contributed by atoms with van der Waals surface area (Å²) in [6.45, 7) is 0. The summed E-state index contributed by atoms with van der Waals surface area (Å²) in [5.41, 5.74) is 1.91. The van der Waals surface area contributed by atoms with Crippen LogP contribution >= 0.6 is 22.9 Å². The first-order chi connectivity index (χ1) is 16.5. The topological polar surface area (TPSA) is 98.8 Å². The van der Waals surface area contributed by atoms with E-state index in [4.69, 9.17) is 25.8 Å². The van der Waals surface area contributed by atoms with Crippen LogP contribution in [0.15, 0.2) is 59.4 Å². The van der Waals surface area contributed by atoms with E-state index < -0.39 is 11.9 Å². The minimum Gasteiger partial charge on any atom is -0.493 e. The summed E-state index contributed by atoms with van der Waals surface area (Å²) in [4.78, 5) is 28.5. The number of anilines is 1. The van der Waals surface area contributed by atoms with Gasteiger partial charge in [0.2, 0.25) is 5.91 Å². The maximum atomic E-state index is 12.2. The molecule has 2 aromatic heterocycles. The highest BCUT2D eigenvalue weighted by atomic mass is 35.5. The number of thiophene rings is 1. The number of fused-ring (bicyclic) bond motifs is 1. The maximum Gasteiger partial charge on any atom is 0.325 e. The first-order valence-corrected chi connectivity index (χ1v) is 11.4. The third kappa shape index (κ3) is 5.38. The Morgan fingerprint density at radius 1 is 1.00 bits per heavy atom. The molecule has 34 heavy (non-hydrogen) atoms. The number of rotatable bonds is 7. The highest BCUT2D eigenvalue weighted by Crippen LogP contribution is 2.38. The number of aromatic nitrogens is 1. The Balaban J connectivity index is 1.47. The molecule has 0 atom stereocenters. The molecule has 0 radical (unpaired) electrons. The zero-order chi connectivity index (χ0) is 24.1. The van der Waals surface area contributed by atoms with Crippen LogP contribution in [0.25, 0.3) is 10.9 Å². The molecule has 4 aromatic rings. The van der Waals surface area contributed by atoms with Gasteiger partial charge in [0.15, 0.2) is 11.5 Å². The molecule has 2 N–H and O–H groups in total. The number of benzene rings is 2. The molecule has 8 nitrogen and oxygen atoms in total. The number of nitrogens with zero attached hydrogens (tertiary/aromatic N) is 1. The zero-order valence-corrected chi connectivity index (χ0v) is 19.8. The predicted octanol–water partition coefficient (Wildman–Crippen LogP) is 5.65. The molecule has 0 aliphatic carbocycles. The van der Waals surface area contributed by atoms with Gasteiger partial charge in [-0.3, -0.25) is 15.1 Å². The van der Waals surface area contributed by atoms with Crippen molar-refractivity contribution in [3.05, 3.63) is 70.0 Å². The lowest BCUT2D eigenvalue weighted by atomic mass is 10.2. The fraction of sp³-hybridized carbons (Fsp3) is 0.125. The number of methoxy groups -OCH3 is 2. The molecule has 4 rings (SSSR count). The minimum absolute atomic E-state index is 0.126. The van der Waals surface area contributed by atoms with Crippen molar-refractivity contribution in [1.29, 1.82) is 0 Å². The van der Waals surface area contributed by atoms with Gasteiger partial charge in [-0.1, -0.05) is 11.6 Å². The second-order valence-electron chi connectivity index (χ2n) is 7.09. The van der Waals surface area contributed by atoms with Crippen LogP contribution in [-0.2, 0) is 11.2 Å². The summed E-state index contributed by atoms with van der Waals surface area (Å²) in [7, 11) is 3.11. The van der Waals surface area contributed by atoms with Gasteiger partial charge in [0.25, 0.3) is 0 Å². The van der Waals surface area contributed by atoms with Crippen molar-refractivity contribution in [2.24, 2.45) is 0 Å². The number of nitrogens with one attached hydrogen (secondary N) is 2. The van der Waals surface area contributed by atoms with E-state index in [0.717, 1.165) is 5.56 Å². The van der Waals surface area contributed by atoms with Crippen molar-refractivity contribution in [1.82, 2.24) is 10.3 Å². The molecule has 10 heteroatoms. The van der Waals surface area contributed by atoms with Crippen molar-refractivity contribution in [2.45, 2.75) is 6.42 Å². The fourth-order valence-electron chi connectivity index (χ4n) is 3.23. The lowest BCUT2D eigenvalue weighted by Gasteiger charge is -2.14. The van der Waals surface area contributed by atoms with Crippen LogP contribution in [0, 0.1) is 0 Å². The standard InChI is InChI=1S/C24H20ClN3O5S/c1-31-21-11-16-18(12-22(21)32-2)26-7-5-19(16)33-20-4-3-15(10-17(20)25)27-24(30)28-23(29)9-14-6-8-34-13-14/h3-8,10-13H,9H2,1-2H3,(H2,27,28,29,30). The number of hydrogen-bond acceptors (Lipinski definition) is 7. The molecule has 174 valence electrons. The van der Waals surface area contributed by atoms with Crippen LogP contribution in [0.2, 0.25) is 5.02 Å². The lowest BCUT2D eigenvalue weighted by molar-refractivity contribution is -0.119. The predicted molar refractivity (Wildman–Crippen MR) is 132 cm³/mol. The minimum atomic E-state index is -0.647. The van der Waals surface area contributed by atoms with Gasteiger partial charge in [0.05, 0.1) is 31.2 Å². The van der Waals surface area contributed by atoms with Crippen LogP contribution in [0.4, 0.5) is 10.5 Å². The Hall–Kier alpha value is -3.82. The molecule has 0 unspecified atom stereocenters. The van der Waals surface area contributed by atoms with Gasteiger partial charge in [-0.05, 0) is 52.7 Å². The maximum absolute atomic E-state index is 12.2. The van der Waals surface area contributed by atoms with Gasteiger partial charge in [0.1, 0.15) is 11.5 Å². The van der Waals surface area contributed by atoms with Gasteiger partial charge in [-0.2, -0.15) is 11.3 Å². The molecule has 2 aromatic carbocycles. The second-order valence-corrected chi connectivity index (χ2v) is 8.28. The summed E-state index contributed by atoms with van der Waals surface area (Å²) in [5.74, 6) is 1.59. The van der Waals surface area contributed by atoms with E-state index in [9.17, 15) is 9.59 Å². The number of halogens is 1. The molecular formula is C24H20ClN3O5S. The molecule has 0 saturated carbocycles. The third-order valence-electron chi connectivity index (χ3n) is 4.81. The fourth-order valence-corrected chi connectivity index (χ4v) is 4.12. The van der Waals surface area contributed by atoms with E-state index in [1.807, 2.05) is 16.8 Å². The summed E-state index contributed by atoms with van der Waals surface area (Å²) >= 11 is 7.89. The van der Waals surface area contributed by atoms with Crippen LogP contribution in [0.1, 0.15) is 5.56 Å². The van der Waals surface area contributed by atoms with Gasteiger partial charge < -0.3 is 19.5 Å². The van der Waals surface area contributed by atoms with Crippen LogP contribution in [0.3, 0.4) is 0 Å². The zero-order valence-electron chi connectivity index (χ0n) is 18.3. The molecule has 0 fully saturated rings. The molecule has 3 amide bonds. The quantitative estimate of drug-likeness (QED) is 0.342. The van der Waals surface area contributed by atoms with Gasteiger partial charge >= 0.3 is 6.03 Å². The summed E-state index contributed by atoms with van der Waals surface area (Å²) < 4.78 is 16.7. The SMILES string of the molecule is COc1cc2nccc(Oc3ccc(NC(=O)NC(=O)Cc4ccsc4)cc3Cl)c2cc1OC. The van der Waals surface area contributed by atoms with Crippen molar-refractivity contribution in [2.75, 3.05) is 19.5 Å². The van der Waals surface area contributed by atoms with Crippen LogP contribution < -0.4 is 24.8 Å². The number of carbonyl (C=O) groups is 2. The summed E-state index contributed by atoms with van der Waals surface area (Å²) in [5, 5.41) is 9.59. The molecule has 0 saturated heterocycles. The van der Waals surface area contributed by atoms with E-state index in [1.165, 1.54) is 17.4 Å². The second kappa shape index (κ2) is 10.4. The van der Waals surface area contributed by atoms with E-state index in [1.54, 1.807) is 50.7 Å². The van der Waals surface area contributed by atoms with E-state index in [-0.39, 0.29) is 11.4 Å². The molecule has 0 spiro atoms. The molecule has 0 bridgehead atoms. The Kier molecular flexibility index (Phi) is 7.15. The largest absolute Gasteiger partial charge is 0.493 e. The third-order valence-corrected chi connectivity index (χ3v) is 5.84. The van der Waals surface area contributed by atoms with Crippen molar-refractivity contribution < 1.29 is 23.8 Å². The Morgan fingerprint density at radius 3 is 2.50 bits per heavy atom. The van der Waals surface area contributed by atoms with Gasteiger partial charge in [-0.15, -0.1) is 0 Å². The van der Waals surface area contributed by atoms with Crippen molar-refractivity contribution in [3.8, 4) is 23.0 Å². The van der Waals surface area contributed by atoms with Crippen molar-refractivity contribution in [3.63, 3.8) is 0 Å². The number of ether oxygens (including phenoxy) is 3. The highest BCUT2D eigenvalue weighted by Gasteiger charge is 2.14. The molecular weight excluding hydrogens is 478 g/mol. The van der Waals surface area contributed by atoms with Gasteiger partial charge in [0, 0.05) is 23.3 Å². The number of pyridine rings is 1. The summed E-state index contributed by atoms with van der Waals surface area (Å²) in [6, 6.07) is 11.2. The smallest absolute Gasteiger partial charge is 0.325 e. The number of hydrogen-bond donors (Lipinski definition) is 2. The average molecular weight is 498 g/mol. The number of urea groups is 1. The Bertz CT molecular complexity index is 1340. The monoisotopic (exact) mass is 497 g/mol. The lowest BCUT2D eigenvalue weighted by Crippen LogP contribution is -2.35.